The van der Waals surface area contributed by atoms with E-state index in [9.17, 15) is 9.59 Å². The van der Waals surface area contributed by atoms with Gasteiger partial charge in [-0.3, -0.25) is 14.6 Å². The quantitative estimate of drug-likeness (QED) is 0.862. The second kappa shape index (κ2) is 7.47. The zero-order valence-corrected chi connectivity index (χ0v) is 14.7. The fourth-order valence-corrected chi connectivity index (χ4v) is 3.42. The van der Waals surface area contributed by atoms with E-state index in [1.54, 1.807) is 31.3 Å². The number of benzene rings is 1. The van der Waals surface area contributed by atoms with Gasteiger partial charge in [0.1, 0.15) is 0 Å². The molecule has 2 aromatic rings. The molecule has 2 heterocycles. The molecule has 5 heteroatoms. The summed E-state index contributed by atoms with van der Waals surface area (Å²) in [4.78, 5) is 32.4. The van der Waals surface area contributed by atoms with Crippen LogP contribution in [-0.4, -0.2) is 40.2 Å². The predicted molar refractivity (Wildman–Crippen MR) is 95.6 cm³/mol. The Labute approximate surface area is 148 Å². The highest BCUT2D eigenvalue weighted by Crippen LogP contribution is 2.32. The van der Waals surface area contributed by atoms with E-state index in [2.05, 4.69) is 11.1 Å². The van der Waals surface area contributed by atoms with Crippen LogP contribution in [0.25, 0.3) is 0 Å². The van der Waals surface area contributed by atoms with E-state index < -0.39 is 0 Å². The Balaban J connectivity index is 1.76. The molecule has 0 radical (unpaired) electrons. The van der Waals surface area contributed by atoms with Crippen LogP contribution in [0.15, 0.2) is 48.8 Å². The number of aromatic nitrogens is 1. The Morgan fingerprint density at radius 3 is 2.64 bits per heavy atom. The SMILES string of the molecule is CC(=O)N1CCc2ccccc2C1CC(=O)N(C)Cc1ccncc1. The lowest BCUT2D eigenvalue weighted by Crippen LogP contribution is -2.41. The highest BCUT2D eigenvalue weighted by atomic mass is 16.2. The van der Waals surface area contributed by atoms with Crippen LogP contribution in [0, 0.1) is 0 Å². The van der Waals surface area contributed by atoms with Gasteiger partial charge in [0.05, 0.1) is 12.5 Å². The minimum Gasteiger partial charge on any atom is -0.341 e. The third-order valence-electron chi connectivity index (χ3n) is 4.78. The summed E-state index contributed by atoms with van der Waals surface area (Å²) >= 11 is 0. The van der Waals surface area contributed by atoms with Gasteiger partial charge in [0, 0.05) is 39.5 Å². The Bertz CT molecular complexity index is 761. The van der Waals surface area contributed by atoms with E-state index in [0.29, 0.717) is 19.5 Å². The molecule has 5 nitrogen and oxygen atoms in total. The largest absolute Gasteiger partial charge is 0.341 e. The number of hydrogen-bond donors (Lipinski definition) is 0. The molecule has 0 fully saturated rings. The van der Waals surface area contributed by atoms with Crippen molar-refractivity contribution in [2.45, 2.75) is 32.4 Å². The topological polar surface area (TPSA) is 53.5 Å². The molecule has 1 aromatic carbocycles. The van der Waals surface area contributed by atoms with E-state index >= 15 is 0 Å². The van der Waals surface area contributed by atoms with Crippen molar-refractivity contribution < 1.29 is 9.59 Å². The summed E-state index contributed by atoms with van der Waals surface area (Å²) in [5.41, 5.74) is 3.36. The molecular weight excluding hydrogens is 314 g/mol. The molecule has 1 aromatic heterocycles. The van der Waals surface area contributed by atoms with Gasteiger partial charge in [0.25, 0.3) is 0 Å². The average molecular weight is 337 g/mol. The summed E-state index contributed by atoms with van der Waals surface area (Å²) in [6.45, 7) is 2.78. The first-order chi connectivity index (χ1) is 12.1. The Kier molecular flexibility index (Phi) is 5.12. The third kappa shape index (κ3) is 3.87. The van der Waals surface area contributed by atoms with Crippen LogP contribution in [0.3, 0.4) is 0 Å². The van der Waals surface area contributed by atoms with E-state index in [1.165, 1.54) is 5.56 Å². The molecule has 0 saturated carbocycles. The minimum atomic E-state index is -0.185. The first kappa shape index (κ1) is 17.1. The molecule has 0 spiro atoms. The molecule has 0 aliphatic carbocycles. The summed E-state index contributed by atoms with van der Waals surface area (Å²) in [6, 6.07) is 11.7. The van der Waals surface area contributed by atoms with Gasteiger partial charge in [-0.2, -0.15) is 0 Å². The van der Waals surface area contributed by atoms with E-state index in [4.69, 9.17) is 0 Å². The lowest BCUT2D eigenvalue weighted by atomic mass is 9.90. The second-order valence-corrected chi connectivity index (χ2v) is 6.49. The van der Waals surface area contributed by atoms with Gasteiger partial charge in [-0.1, -0.05) is 24.3 Å². The number of fused-ring (bicyclic) bond motifs is 1. The van der Waals surface area contributed by atoms with Gasteiger partial charge in [-0.25, -0.2) is 0 Å². The maximum absolute atomic E-state index is 12.8. The fraction of sp³-hybridized carbons (Fsp3) is 0.350. The van der Waals surface area contributed by atoms with Crippen LogP contribution in [0.5, 0.6) is 0 Å². The first-order valence-corrected chi connectivity index (χ1v) is 8.54. The van der Waals surface area contributed by atoms with E-state index in [-0.39, 0.29) is 17.9 Å². The monoisotopic (exact) mass is 337 g/mol. The van der Waals surface area contributed by atoms with Crippen LogP contribution >= 0.6 is 0 Å². The molecule has 0 N–H and O–H groups in total. The van der Waals surface area contributed by atoms with E-state index in [1.807, 2.05) is 35.2 Å². The molecule has 0 bridgehead atoms. The second-order valence-electron chi connectivity index (χ2n) is 6.49. The van der Waals surface area contributed by atoms with Gasteiger partial charge < -0.3 is 9.80 Å². The molecule has 130 valence electrons. The zero-order valence-electron chi connectivity index (χ0n) is 14.7. The molecule has 1 aliphatic heterocycles. The number of pyridine rings is 1. The number of rotatable bonds is 4. The molecule has 2 amide bonds. The van der Waals surface area contributed by atoms with Crippen LogP contribution < -0.4 is 0 Å². The number of hydrogen-bond acceptors (Lipinski definition) is 3. The summed E-state index contributed by atoms with van der Waals surface area (Å²) in [5.74, 6) is 0.0499. The van der Waals surface area contributed by atoms with Gasteiger partial charge >= 0.3 is 0 Å². The van der Waals surface area contributed by atoms with Gasteiger partial charge in [-0.15, -0.1) is 0 Å². The number of nitrogens with zero attached hydrogens (tertiary/aromatic N) is 3. The van der Waals surface area contributed by atoms with Gasteiger partial charge in [0.2, 0.25) is 11.8 Å². The fourth-order valence-electron chi connectivity index (χ4n) is 3.42. The lowest BCUT2D eigenvalue weighted by molar-refractivity contribution is -0.136. The maximum Gasteiger partial charge on any atom is 0.225 e. The standard InChI is InChI=1S/C20H23N3O2/c1-15(24)23-12-9-17-5-3-4-6-18(17)19(23)13-20(25)22(2)14-16-7-10-21-11-8-16/h3-8,10-11,19H,9,12-14H2,1-2H3. The minimum absolute atomic E-state index is 0.0177. The van der Waals surface area contributed by atoms with Crippen molar-refractivity contribution >= 4 is 11.8 Å². The number of carbonyl (C=O) groups is 2. The highest BCUT2D eigenvalue weighted by molar-refractivity contribution is 5.79. The molecular formula is C20H23N3O2. The third-order valence-corrected chi connectivity index (χ3v) is 4.78. The predicted octanol–water partition coefficient (Wildman–Crippen LogP) is 2.58. The number of carbonyl (C=O) groups excluding carboxylic acids is 2. The summed E-state index contributed by atoms with van der Waals surface area (Å²) in [5, 5.41) is 0. The first-order valence-electron chi connectivity index (χ1n) is 8.54. The van der Waals surface area contributed by atoms with Crippen LogP contribution in [0.2, 0.25) is 0 Å². The molecule has 1 atom stereocenters. The van der Waals surface area contributed by atoms with Crippen molar-refractivity contribution in [3.63, 3.8) is 0 Å². The highest BCUT2D eigenvalue weighted by Gasteiger charge is 2.31. The maximum atomic E-state index is 12.8. The van der Waals surface area contributed by atoms with Crippen molar-refractivity contribution in [3.05, 3.63) is 65.5 Å². The Morgan fingerprint density at radius 2 is 1.92 bits per heavy atom. The molecule has 1 unspecified atom stereocenters. The molecule has 1 aliphatic rings. The molecule has 0 saturated heterocycles. The van der Waals surface area contributed by atoms with Crippen molar-refractivity contribution in [2.24, 2.45) is 0 Å². The zero-order chi connectivity index (χ0) is 17.8. The summed E-state index contributed by atoms with van der Waals surface area (Å²) < 4.78 is 0. The van der Waals surface area contributed by atoms with Crippen LogP contribution in [0.4, 0.5) is 0 Å². The normalized spacial score (nSPS) is 16.2. The Hall–Kier alpha value is -2.69. The van der Waals surface area contributed by atoms with Crippen LogP contribution in [-0.2, 0) is 22.6 Å². The smallest absolute Gasteiger partial charge is 0.225 e. The lowest BCUT2D eigenvalue weighted by Gasteiger charge is -2.37. The molecule has 3 rings (SSSR count). The van der Waals surface area contributed by atoms with Crippen LogP contribution in [0.1, 0.15) is 36.1 Å². The average Bonchev–Trinajstić information content (AvgIpc) is 2.62. The molecule has 25 heavy (non-hydrogen) atoms. The summed E-state index contributed by atoms with van der Waals surface area (Å²) in [7, 11) is 1.80. The Morgan fingerprint density at radius 1 is 1.20 bits per heavy atom. The van der Waals surface area contributed by atoms with Crippen molar-refractivity contribution in [3.8, 4) is 0 Å². The number of amides is 2. The summed E-state index contributed by atoms with van der Waals surface area (Å²) in [6.07, 6.45) is 4.59. The van der Waals surface area contributed by atoms with E-state index in [0.717, 1.165) is 17.5 Å². The van der Waals surface area contributed by atoms with Gasteiger partial charge in [-0.05, 0) is 35.2 Å². The van der Waals surface area contributed by atoms with Crippen molar-refractivity contribution in [1.29, 1.82) is 0 Å². The van der Waals surface area contributed by atoms with Gasteiger partial charge in [0.15, 0.2) is 0 Å². The van der Waals surface area contributed by atoms with Crippen molar-refractivity contribution in [2.75, 3.05) is 13.6 Å². The van der Waals surface area contributed by atoms with Crippen molar-refractivity contribution in [1.82, 2.24) is 14.8 Å².